The van der Waals surface area contributed by atoms with E-state index in [4.69, 9.17) is 17.0 Å². The van der Waals surface area contributed by atoms with Gasteiger partial charge in [0.2, 0.25) is 0 Å². The number of urea groups is 1. The number of nitrogens with one attached hydrogen (secondary N) is 3. The Kier molecular flexibility index (Phi) is 7.25. The zero-order valence-electron chi connectivity index (χ0n) is 17.8. The Morgan fingerprint density at radius 3 is 2.58 bits per heavy atom. The van der Waals surface area contributed by atoms with Gasteiger partial charge < -0.3 is 25.6 Å². The lowest BCUT2D eigenvalue weighted by atomic mass is 9.94. The van der Waals surface area contributed by atoms with Crippen molar-refractivity contribution in [3.63, 3.8) is 0 Å². The number of rotatable bonds is 6. The second-order valence-electron chi connectivity index (χ2n) is 7.04. The van der Waals surface area contributed by atoms with Gasteiger partial charge in [-0.1, -0.05) is 42.5 Å². The fourth-order valence-electron chi connectivity index (χ4n) is 3.54. The summed E-state index contributed by atoms with van der Waals surface area (Å²) in [5.41, 5.74) is 3.65. The van der Waals surface area contributed by atoms with Gasteiger partial charge in [0, 0.05) is 24.5 Å². The number of amides is 2. The molecule has 0 spiro atoms. The normalized spacial score (nSPS) is 15.9. The number of hydrogen-bond donors (Lipinski definition) is 3. The first-order valence-corrected chi connectivity index (χ1v) is 10.4. The highest BCUT2D eigenvalue weighted by Gasteiger charge is 2.34. The zero-order valence-corrected chi connectivity index (χ0v) is 18.6. The molecule has 1 atom stereocenters. The number of esters is 1. The van der Waals surface area contributed by atoms with Crippen molar-refractivity contribution in [3.8, 4) is 0 Å². The summed E-state index contributed by atoms with van der Waals surface area (Å²) in [4.78, 5) is 26.7. The minimum atomic E-state index is -0.475. The number of allylic oxidation sites excluding steroid dienone is 1. The van der Waals surface area contributed by atoms with Gasteiger partial charge in [0.1, 0.15) is 0 Å². The third-order valence-corrected chi connectivity index (χ3v) is 5.43. The Morgan fingerprint density at radius 1 is 1.16 bits per heavy atom. The van der Waals surface area contributed by atoms with Crippen LogP contribution in [-0.4, -0.2) is 35.7 Å². The molecule has 2 aromatic rings. The summed E-state index contributed by atoms with van der Waals surface area (Å²) in [7, 11) is 1.36. The molecule has 2 aromatic carbocycles. The average molecular weight is 439 g/mol. The SMILES string of the molecule is CCN1C(=S)NC(c2cccc(NC(=O)NCc3ccccc3)c2)C(C(=O)OC)=C1C. The molecule has 1 unspecified atom stereocenters. The van der Waals surface area contributed by atoms with Gasteiger partial charge >= 0.3 is 12.0 Å². The Labute approximate surface area is 187 Å². The maximum Gasteiger partial charge on any atom is 0.337 e. The van der Waals surface area contributed by atoms with Crippen molar-refractivity contribution in [2.24, 2.45) is 0 Å². The molecular formula is C23H26N4O3S. The van der Waals surface area contributed by atoms with E-state index in [1.165, 1.54) is 7.11 Å². The molecule has 162 valence electrons. The summed E-state index contributed by atoms with van der Waals surface area (Å²) in [5.74, 6) is -0.421. The first-order valence-electron chi connectivity index (χ1n) is 10.0. The van der Waals surface area contributed by atoms with Crippen LogP contribution < -0.4 is 16.0 Å². The number of anilines is 1. The lowest BCUT2D eigenvalue weighted by molar-refractivity contribution is -0.136. The molecule has 0 bridgehead atoms. The number of methoxy groups -OCH3 is 1. The van der Waals surface area contributed by atoms with Gasteiger partial charge in [0.15, 0.2) is 5.11 Å². The van der Waals surface area contributed by atoms with Crippen molar-refractivity contribution in [2.45, 2.75) is 26.4 Å². The second-order valence-corrected chi connectivity index (χ2v) is 7.42. The Bertz CT molecular complexity index is 1010. The van der Waals surface area contributed by atoms with Crippen molar-refractivity contribution in [1.82, 2.24) is 15.5 Å². The second kappa shape index (κ2) is 10.1. The van der Waals surface area contributed by atoms with Gasteiger partial charge in [-0.3, -0.25) is 0 Å². The van der Waals surface area contributed by atoms with Crippen molar-refractivity contribution in [3.05, 3.63) is 77.0 Å². The summed E-state index contributed by atoms with van der Waals surface area (Å²) in [6.07, 6.45) is 0. The minimum Gasteiger partial charge on any atom is -0.466 e. The standard InChI is InChI=1S/C23H26N4O3S/c1-4-27-15(2)19(21(28)30-3)20(26-23(27)31)17-11-8-12-18(13-17)25-22(29)24-14-16-9-6-5-7-10-16/h5-13,20H,4,14H2,1-3H3,(H,26,31)(H2,24,25,29). The number of carbonyl (C=O) groups excluding carboxylic acids is 2. The molecule has 31 heavy (non-hydrogen) atoms. The van der Waals surface area contributed by atoms with Gasteiger partial charge in [-0.25, -0.2) is 9.59 Å². The summed E-state index contributed by atoms with van der Waals surface area (Å²) >= 11 is 5.49. The predicted molar refractivity (Wildman–Crippen MR) is 124 cm³/mol. The predicted octanol–water partition coefficient (Wildman–Crippen LogP) is 3.71. The molecule has 0 radical (unpaired) electrons. The molecule has 1 aliphatic heterocycles. The lowest BCUT2D eigenvalue weighted by Gasteiger charge is -2.37. The highest BCUT2D eigenvalue weighted by Crippen LogP contribution is 2.32. The number of carbonyl (C=O) groups is 2. The molecule has 1 aliphatic rings. The van der Waals surface area contributed by atoms with E-state index in [-0.39, 0.29) is 6.03 Å². The highest BCUT2D eigenvalue weighted by atomic mass is 32.1. The number of hydrogen-bond acceptors (Lipinski definition) is 4. The van der Waals surface area contributed by atoms with Crippen LogP contribution in [-0.2, 0) is 16.1 Å². The maximum absolute atomic E-state index is 12.5. The van der Waals surface area contributed by atoms with E-state index in [9.17, 15) is 9.59 Å². The van der Waals surface area contributed by atoms with Gasteiger partial charge in [-0.05, 0) is 49.3 Å². The van der Waals surface area contributed by atoms with E-state index in [0.29, 0.717) is 29.5 Å². The molecule has 1 heterocycles. The van der Waals surface area contributed by atoms with Crippen LogP contribution in [0.5, 0.6) is 0 Å². The minimum absolute atomic E-state index is 0.315. The van der Waals surface area contributed by atoms with Crippen LogP contribution >= 0.6 is 12.2 Å². The molecule has 0 aromatic heterocycles. The molecule has 0 saturated heterocycles. The van der Waals surface area contributed by atoms with Crippen LogP contribution in [0, 0.1) is 0 Å². The van der Waals surface area contributed by atoms with Crippen LogP contribution in [0.4, 0.5) is 10.5 Å². The van der Waals surface area contributed by atoms with Crippen molar-refractivity contribution < 1.29 is 14.3 Å². The number of benzene rings is 2. The molecular weight excluding hydrogens is 412 g/mol. The Balaban J connectivity index is 1.79. The lowest BCUT2D eigenvalue weighted by Crippen LogP contribution is -2.47. The first kappa shape index (κ1) is 22.3. The van der Waals surface area contributed by atoms with Gasteiger partial charge in [0.05, 0.1) is 18.7 Å². The van der Waals surface area contributed by atoms with E-state index in [2.05, 4.69) is 16.0 Å². The molecule has 8 heteroatoms. The van der Waals surface area contributed by atoms with Crippen LogP contribution in [0.25, 0.3) is 0 Å². The van der Waals surface area contributed by atoms with E-state index in [1.54, 1.807) is 6.07 Å². The number of thiocarbonyl (C=S) groups is 1. The molecule has 0 saturated carbocycles. The largest absolute Gasteiger partial charge is 0.466 e. The fraction of sp³-hybridized carbons (Fsp3) is 0.261. The van der Waals surface area contributed by atoms with E-state index < -0.39 is 12.0 Å². The van der Waals surface area contributed by atoms with Gasteiger partial charge in [0.25, 0.3) is 0 Å². The van der Waals surface area contributed by atoms with Crippen molar-refractivity contribution in [2.75, 3.05) is 19.0 Å². The molecule has 0 fully saturated rings. The van der Waals surface area contributed by atoms with Crippen LogP contribution in [0.1, 0.15) is 31.0 Å². The fourth-order valence-corrected chi connectivity index (χ4v) is 3.92. The summed E-state index contributed by atoms with van der Waals surface area (Å²) in [6, 6.07) is 16.2. The Hall–Kier alpha value is -3.39. The van der Waals surface area contributed by atoms with Gasteiger partial charge in [-0.15, -0.1) is 0 Å². The monoisotopic (exact) mass is 438 g/mol. The number of ether oxygens (including phenoxy) is 1. The topological polar surface area (TPSA) is 82.7 Å². The van der Waals surface area contributed by atoms with Crippen LogP contribution in [0.3, 0.4) is 0 Å². The van der Waals surface area contributed by atoms with Crippen LogP contribution in [0.2, 0.25) is 0 Å². The highest BCUT2D eigenvalue weighted by molar-refractivity contribution is 7.80. The average Bonchev–Trinajstić information content (AvgIpc) is 2.78. The Morgan fingerprint density at radius 2 is 1.90 bits per heavy atom. The molecule has 2 amide bonds. The maximum atomic E-state index is 12.5. The van der Waals surface area contributed by atoms with E-state index in [0.717, 1.165) is 16.8 Å². The third-order valence-electron chi connectivity index (χ3n) is 5.09. The zero-order chi connectivity index (χ0) is 22.4. The summed E-state index contributed by atoms with van der Waals surface area (Å²) in [6.45, 7) is 4.88. The summed E-state index contributed by atoms with van der Waals surface area (Å²) in [5, 5.41) is 9.44. The quantitative estimate of drug-likeness (QED) is 0.471. The smallest absolute Gasteiger partial charge is 0.337 e. The van der Waals surface area contributed by atoms with E-state index in [1.807, 2.05) is 67.3 Å². The van der Waals surface area contributed by atoms with E-state index >= 15 is 0 Å². The first-order chi connectivity index (χ1) is 14.9. The van der Waals surface area contributed by atoms with Crippen molar-refractivity contribution >= 4 is 35.0 Å². The molecule has 0 aliphatic carbocycles. The van der Waals surface area contributed by atoms with Gasteiger partial charge in [-0.2, -0.15) is 0 Å². The number of nitrogens with zero attached hydrogens (tertiary/aromatic N) is 1. The molecule has 3 N–H and O–H groups in total. The van der Waals surface area contributed by atoms with Crippen LogP contribution in [0.15, 0.2) is 65.9 Å². The molecule has 7 nitrogen and oxygen atoms in total. The molecule has 3 rings (SSSR count). The van der Waals surface area contributed by atoms with Crippen molar-refractivity contribution in [1.29, 1.82) is 0 Å². The summed E-state index contributed by atoms with van der Waals surface area (Å²) < 4.78 is 5.02. The third kappa shape index (κ3) is 5.21.